The predicted octanol–water partition coefficient (Wildman–Crippen LogP) is 2.05. The van der Waals surface area contributed by atoms with Crippen molar-refractivity contribution in [3.05, 3.63) is 18.0 Å². The molecule has 0 spiro atoms. The van der Waals surface area contributed by atoms with Crippen LogP contribution in [0, 0.1) is 5.92 Å². The van der Waals surface area contributed by atoms with Crippen LogP contribution in [0.15, 0.2) is 12.3 Å². The Kier molecular flexibility index (Phi) is 7.84. The molecule has 1 saturated heterocycles. The lowest BCUT2D eigenvalue weighted by Crippen LogP contribution is -2.43. The molecule has 1 aromatic heterocycles. The smallest absolute Gasteiger partial charge is 0.329 e. The number of methoxy groups -OCH3 is 1. The molecule has 1 fully saturated rings. The van der Waals surface area contributed by atoms with E-state index in [2.05, 4.69) is 17.2 Å². The second kappa shape index (κ2) is 10.1. The first-order valence-corrected chi connectivity index (χ1v) is 9.29. The summed E-state index contributed by atoms with van der Waals surface area (Å²) in [5.41, 5.74) is -0.211. The molecule has 0 radical (unpaired) electrons. The fourth-order valence-electron chi connectivity index (χ4n) is 2.96. The molecule has 0 bridgehead atoms. The van der Waals surface area contributed by atoms with Gasteiger partial charge in [-0.05, 0) is 13.3 Å². The summed E-state index contributed by atoms with van der Waals surface area (Å²) in [5.74, 6) is -1.30. The number of carbonyl (C=O) groups is 2. The van der Waals surface area contributed by atoms with E-state index < -0.39 is 17.9 Å². The van der Waals surface area contributed by atoms with Crippen LogP contribution in [0.4, 0.5) is 0 Å². The van der Waals surface area contributed by atoms with Crippen molar-refractivity contribution in [3.8, 4) is 11.5 Å². The molecule has 1 amide bonds. The van der Waals surface area contributed by atoms with Crippen molar-refractivity contribution >= 4 is 11.9 Å². The Bertz CT molecular complexity index is 651. The molecule has 2 heterocycles. The van der Waals surface area contributed by atoms with Crippen LogP contribution in [0.5, 0.6) is 11.5 Å². The fourth-order valence-corrected chi connectivity index (χ4v) is 2.96. The number of hydrogen-bond donors (Lipinski definition) is 2. The average molecular weight is 380 g/mol. The van der Waals surface area contributed by atoms with Gasteiger partial charge in [0.25, 0.3) is 5.91 Å². The highest BCUT2D eigenvalue weighted by molar-refractivity contribution is 5.97. The van der Waals surface area contributed by atoms with Gasteiger partial charge in [0.2, 0.25) is 0 Å². The number of esters is 1. The van der Waals surface area contributed by atoms with Crippen molar-refractivity contribution < 1.29 is 28.9 Å². The Morgan fingerprint density at radius 1 is 1.48 bits per heavy atom. The van der Waals surface area contributed by atoms with Gasteiger partial charge in [0, 0.05) is 31.2 Å². The number of carbonyl (C=O) groups excluding carboxylic acids is 2. The Morgan fingerprint density at radius 3 is 2.96 bits per heavy atom. The van der Waals surface area contributed by atoms with Gasteiger partial charge in [-0.1, -0.05) is 19.8 Å². The van der Waals surface area contributed by atoms with Crippen molar-refractivity contribution in [2.75, 3.05) is 20.3 Å². The number of hydrogen-bond acceptors (Lipinski definition) is 7. The minimum atomic E-state index is -0.878. The Labute approximate surface area is 159 Å². The maximum atomic E-state index is 12.5. The third kappa shape index (κ3) is 5.56. The topological polar surface area (TPSA) is 107 Å². The van der Waals surface area contributed by atoms with Gasteiger partial charge in [-0.15, -0.1) is 0 Å². The van der Waals surface area contributed by atoms with E-state index in [9.17, 15) is 14.7 Å². The van der Waals surface area contributed by atoms with Crippen LogP contribution in [-0.4, -0.2) is 54.4 Å². The van der Waals surface area contributed by atoms with E-state index in [1.54, 1.807) is 0 Å². The van der Waals surface area contributed by atoms with Crippen molar-refractivity contribution in [3.63, 3.8) is 0 Å². The van der Waals surface area contributed by atoms with Crippen LogP contribution in [-0.2, 0) is 14.3 Å². The van der Waals surface area contributed by atoms with Crippen LogP contribution >= 0.6 is 0 Å². The molecule has 0 aromatic carbocycles. The molecule has 1 aromatic rings. The molecule has 2 N–H and O–H groups in total. The quantitative estimate of drug-likeness (QED) is 0.727. The largest absolute Gasteiger partial charge is 0.503 e. The normalized spacial score (nSPS) is 23.5. The van der Waals surface area contributed by atoms with Gasteiger partial charge in [-0.3, -0.25) is 4.79 Å². The van der Waals surface area contributed by atoms with E-state index in [1.807, 2.05) is 6.92 Å². The monoisotopic (exact) mass is 380 g/mol. The number of cyclic esters (lactones) is 1. The van der Waals surface area contributed by atoms with E-state index in [0.29, 0.717) is 13.2 Å². The van der Waals surface area contributed by atoms with Crippen molar-refractivity contribution in [1.29, 1.82) is 0 Å². The second-order valence-electron chi connectivity index (χ2n) is 6.64. The van der Waals surface area contributed by atoms with Crippen molar-refractivity contribution in [2.45, 2.75) is 51.7 Å². The van der Waals surface area contributed by atoms with Gasteiger partial charge >= 0.3 is 5.97 Å². The Hall–Kier alpha value is -2.35. The summed E-state index contributed by atoms with van der Waals surface area (Å²) < 4.78 is 16.2. The van der Waals surface area contributed by atoms with E-state index in [1.165, 1.54) is 19.4 Å². The minimum absolute atomic E-state index is 0.128. The van der Waals surface area contributed by atoms with Crippen LogP contribution in [0.2, 0.25) is 0 Å². The van der Waals surface area contributed by atoms with E-state index >= 15 is 0 Å². The van der Waals surface area contributed by atoms with Crippen molar-refractivity contribution in [2.24, 2.45) is 5.92 Å². The van der Waals surface area contributed by atoms with Gasteiger partial charge in [-0.25, -0.2) is 9.78 Å². The molecule has 1 aliphatic rings. The summed E-state index contributed by atoms with van der Waals surface area (Å²) in [6, 6.07) is 0.559. The van der Waals surface area contributed by atoms with E-state index in [-0.39, 0.29) is 35.6 Å². The first-order valence-electron chi connectivity index (χ1n) is 9.29. The average Bonchev–Trinajstić information content (AvgIpc) is 2.71. The molecule has 2 rings (SSSR count). The number of pyridine rings is 1. The summed E-state index contributed by atoms with van der Waals surface area (Å²) >= 11 is 0. The Balaban J connectivity index is 2.07. The summed E-state index contributed by atoms with van der Waals surface area (Å²) in [6.45, 7) is 4.81. The summed E-state index contributed by atoms with van der Waals surface area (Å²) in [6.07, 6.45) is 4.35. The predicted molar refractivity (Wildman–Crippen MR) is 97.7 cm³/mol. The SMILES string of the molecule is CCCC[C@@H]1COCC[C@H](NC(=O)c2nccc(OC)c2O)C(=O)O[C@H]1C. The zero-order valence-corrected chi connectivity index (χ0v) is 16.1. The van der Waals surface area contributed by atoms with E-state index in [4.69, 9.17) is 14.2 Å². The van der Waals surface area contributed by atoms with Crippen LogP contribution in [0.1, 0.15) is 50.0 Å². The standard InChI is InChI=1S/C19H28N2O6/c1-4-5-6-13-11-26-10-8-14(19(24)27-12(13)2)21-18(23)16-17(22)15(25-3)7-9-20-16/h7,9,12-14,22H,4-6,8,10-11H2,1-3H3,(H,21,23)/t12-,13+,14-/m0/s1. The zero-order valence-electron chi connectivity index (χ0n) is 16.1. The van der Waals surface area contributed by atoms with Gasteiger partial charge in [0.05, 0.1) is 13.7 Å². The van der Waals surface area contributed by atoms with Gasteiger partial charge in [0.15, 0.2) is 17.2 Å². The van der Waals surface area contributed by atoms with Gasteiger partial charge in [0.1, 0.15) is 12.1 Å². The number of aromatic nitrogens is 1. The van der Waals surface area contributed by atoms with Crippen LogP contribution in [0.25, 0.3) is 0 Å². The number of nitrogens with one attached hydrogen (secondary N) is 1. The third-order valence-electron chi connectivity index (χ3n) is 4.69. The van der Waals surface area contributed by atoms with E-state index in [0.717, 1.165) is 19.3 Å². The highest BCUT2D eigenvalue weighted by atomic mass is 16.5. The Morgan fingerprint density at radius 2 is 2.26 bits per heavy atom. The lowest BCUT2D eigenvalue weighted by Gasteiger charge is -2.24. The summed E-state index contributed by atoms with van der Waals surface area (Å²) in [4.78, 5) is 28.9. The highest BCUT2D eigenvalue weighted by Crippen LogP contribution is 2.27. The molecule has 0 unspecified atom stereocenters. The molecule has 0 saturated carbocycles. The molecule has 27 heavy (non-hydrogen) atoms. The molecule has 1 aliphatic heterocycles. The minimum Gasteiger partial charge on any atom is -0.503 e. The molecule has 0 aliphatic carbocycles. The number of nitrogens with zero attached hydrogens (tertiary/aromatic N) is 1. The first-order chi connectivity index (χ1) is 13.0. The highest BCUT2D eigenvalue weighted by Gasteiger charge is 2.30. The van der Waals surface area contributed by atoms with Crippen LogP contribution < -0.4 is 10.1 Å². The van der Waals surface area contributed by atoms with Gasteiger partial charge in [-0.2, -0.15) is 0 Å². The maximum absolute atomic E-state index is 12.5. The molecule has 150 valence electrons. The second-order valence-corrected chi connectivity index (χ2v) is 6.64. The molecule has 8 nitrogen and oxygen atoms in total. The number of rotatable bonds is 6. The number of unbranched alkanes of at least 4 members (excludes halogenated alkanes) is 1. The van der Waals surface area contributed by atoms with Gasteiger partial charge < -0.3 is 24.6 Å². The van der Waals surface area contributed by atoms with Crippen molar-refractivity contribution in [1.82, 2.24) is 10.3 Å². The zero-order chi connectivity index (χ0) is 19.8. The number of ether oxygens (including phenoxy) is 3. The first kappa shape index (κ1) is 21.0. The number of amides is 1. The van der Waals surface area contributed by atoms with Crippen LogP contribution in [0.3, 0.4) is 0 Å². The fraction of sp³-hybridized carbons (Fsp3) is 0.632. The molecule has 3 atom stereocenters. The maximum Gasteiger partial charge on any atom is 0.329 e. The lowest BCUT2D eigenvalue weighted by molar-refractivity contribution is -0.153. The third-order valence-corrected chi connectivity index (χ3v) is 4.69. The lowest BCUT2D eigenvalue weighted by atomic mass is 9.98. The summed E-state index contributed by atoms with van der Waals surface area (Å²) in [7, 11) is 1.38. The molecular weight excluding hydrogens is 352 g/mol. The summed E-state index contributed by atoms with van der Waals surface area (Å²) in [5, 5.41) is 12.6. The molecular formula is C19H28N2O6. The molecule has 8 heteroatoms. The number of aromatic hydroxyl groups is 1.